The molecule has 82 heavy (non-hydrogen) atoms. The molecule has 0 spiro atoms. The van der Waals surface area contributed by atoms with Crippen LogP contribution in [0.4, 0.5) is 14.5 Å². The van der Waals surface area contributed by atoms with E-state index >= 15 is 0 Å². The maximum absolute atomic E-state index is 14.5. The van der Waals surface area contributed by atoms with Crippen molar-refractivity contribution in [3.05, 3.63) is 137 Å². The third kappa shape index (κ3) is 13.5. The number of likely N-dealkylation sites (tertiary alicyclic amines) is 1. The summed E-state index contributed by atoms with van der Waals surface area (Å²) in [7, 11) is -3.24. The molecule has 428 valence electrons. The zero-order valence-electron chi connectivity index (χ0n) is 45.6. The van der Waals surface area contributed by atoms with Crippen LogP contribution in [0.1, 0.15) is 87.3 Å². The number of aromatic nitrogens is 6. The fraction of sp³-hybridized carbons (Fsp3) is 0.328. The van der Waals surface area contributed by atoms with E-state index in [0.29, 0.717) is 59.0 Å². The van der Waals surface area contributed by atoms with E-state index in [4.69, 9.17) is 9.15 Å². The Bertz CT molecular complexity index is 3750. The fourth-order valence-corrected chi connectivity index (χ4v) is 11.5. The number of ether oxygens (including phenoxy) is 1. The van der Waals surface area contributed by atoms with Gasteiger partial charge >= 0.3 is 0 Å². The number of anilines is 1. The van der Waals surface area contributed by atoms with Crippen LogP contribution < -0.4 is 25.4 Å². The summed E-state index contributed by atoms with van der Waals surface area (Å²) < 4.78 is 69.8. The molecule has 9 rings (SSSR count). The van der Waals surface area contributed by atoms with E-state index in [-0.39, 0.29) is 67.0 Å². The number of imidazole rings is 1. The maximum Gasteiger partial charge on any atom is 0.266 e. The number of methoxy groups -OCH3 is 1. The number of unbranched alkanes of at least 4 members (excludes halogenated alkanes) is 4. The maximum atomic E-state index is 14.5. The number of nitrogens with one attached hydrogen (secondary N) is 4. The second-order valence-electron chi connectivity index (χ2n) is 20.9. The fourth-order valence-electron chi connectivity index (χ4n) is 9.60. The average Bonchev–Trinajstić information content (AvgIpc) is 4.43. The Balaban J connectivity index is 0.740. The summed E-state index contributed by atoms with van der Waals surface area (Å²) in [5, 5.41) is 28.0. The third-order valence-electron chi connectivity index (χ3n) is 13.9. The Morgan fingerprint density at radius 3 is 2.35 bits per heavy atom. The van der Waals surface area contributed by atoms with Crippen molar-refractivity contribution in [2.24, 2.45) is 5.41 Å². The summed E-state index contributed by atoms with van der Waals surface area (Å²) in [6, 6.07) is 19.9. The number of fused-ring (bicyclic) bond motifs is 1. The van der Waals surface area contributed by atoms with Crippen LogP contribution in [-0.4, -0.2) is 110 Å². The number of pyridine rings is 2. The van der Waals surface area contributed by atoms with Crippen LogP contribution in [0.2, 0.25) is 0 Å². The lowest BCUT2D eigenvalue weighted by atomic mass is 9.85. The van der Waals surface area contributed by atoms with Gasteiger partial charge in [-0.2, -0.15) is 0 Å². The quantitative estimate of drug-likeness (QED) is 0.0399. The summed E-state index contributed by atoms with van der Waals surface area (Å²) in [4.78, 5) is 69.2. The zero-order chi connectivity index (χ0) is 58.3. The molecule has 1 fully saturated rings. The van der Waals surface area contributed by atoms with Gasteiger partial charge in [0, 0.05) is 62.1 Å². The number of aliphatic hydroxyl groups excluding tert-OH is 1. The molecule has 20 nitrogen and oxygen atoms in total. The monoisotopic (exact) mass is 1160 g/mol. The van der Waals surface area contributed by atoms with Gasteiger partial charge in [0.25, 0.3) is 21.8 Å². The number of β-amino-alcohol motifs (C(OH)–C–C–N with tert-alkyl or cyclic N) is 1. The molecule has 3 aromatic carbocycles. The van der Waals surface area contributed by atoms with Gasteiger partial charge in [0.15, 0.2) is 0 Å². The van der Waals surface area contributed by atoms with E-state index in [1.807, 2.05) is 52.0 Å². The van der Waals surface area contributed by atoms with Crippen LogP contribution in [0.3, 0.4) is 0 Å². The van der Waals surface area contributed by atoms with Crippen LogP contribution in [-0.2, 0) is 31.0 Å². The number of rotatable bonds is 22. The van der Waals surface area contributed by atoms with Crippen LogP contribution in [0.15, 0.2) is 118 Å². The Hall–Kier alpha value is -8.48. The second-order valence-corrected chi connectivity index (χ2v) is 23.4. The predicted molar refractivity (Wildman–Crippen MR) is 303 cm³/mol. The Morgan fingerprint density at radius 1 is 0.866 bits per heavy atom. The minimum absolute atomic E-state index is 0.0199. The summed E-state index contributed by atoms with van der Waals surface area (Å²) in [6.45, 7) is 8.12. The van der Waals surface area contributed by atoms with E-state index in [1.165, 1.54) is 30.5 Å². The Labute approximate surface area is 475 Å². The first-order chi connectivity index (χ1) is 39.3. The smallest absolute Gasteiger partial charge is 0.266 e. The van der Waals surface area contributed by atoms with Crippen molar-refractivity contribution in [2.75, 3.05) is 24.9 Å². The number of amides is 4. The van der Waals surface area contributed by atoms with Crippen molar-refractivity contribution < 1.29 is 50.6 Å². The number of benzene rings is 3. The number of sulfonamides is 1. The molecule has 8 aromatic rings. The molecular weight excluding hydrogens is 1100 g/mol. The highest BCUT2D eigenvalue weighted by molar-refractivity contribution is 7.92. The van der Waals surface area contributed by atoms with E-state index < -0.39 is 56.1 Å². The Morgan fingerprint density at radius 2 is 1.61 bits per heavy atom. The molecule has 6 heterocycles. The number of nitrogens with zero attached hydrogens (tertiary/aromatic N) is 7. The van der Waals surface area contributed by atoms with Crippen molar-refractivity contribution in [1.29, 1.82) is 0 Å². The molecule has 0 aliphatic carbocycles. The minimum atomic E-state index is -4.53. The predicted octanol–water partition coefficient (Wildman–Crippen LogP) is 8.51. The highest BCUT2D eigenvalue weighted by atomic mass is 32.2. The molecule has 1 saturated heterocycles. The standard InChI is InChI=1S/C58H61F2N11O9S2/c1-34-50(81-33-65-34)36-18-16-35(17-19-36)28-63-53(75)45-27-40(72)32-71(45)57(76)51(58(2,3)4)66-49(73)15-9-7-6-8-12-24-61-52(74)41-13-10-11-14-42(41)54-67-68-56(80-54)46-30-62-48-23-20-37(31-70(46)48)38-25-44(55(79-5)64-29-38)69-82(77,78)47-22-21-39(59)26-43(47)60/h10-11,13-14,16-23,25-26,29-31,33,40,45,51,69,72H,6-9,12,15,24,27-28,32H2,1-5H3,(H,61,74)(H,63,75)(H,66,73). The van der Waals surface area contributed by atoms with Gasteiger partial charge < -0.3 is 35.1 Å². The molecular formula is C58H61F2N11O9S2. The van der Waals surface area contributed by atoms with Crippen molar-refractivity contribution in [1.82, 2.24) is 50.4 Å². The van der Waals surface area contributed by atoms with Gasteiger partial charge in [-0.3, -0.25) is 28.3 Å². The van der Waals surface area contributed by atoms with E-state index in [0.717, 1.165) is 53.1 Å². The lowest BCUT2D eigenvalue weighted by Crippen LogP contribution is -2.57. The molecule has 3 unspecified atom stereocenters. The van der Waals surface area contributed by atoms with Crippen molar-refractivity contribution in [3.63, 3.8) is 0 Å². The SMILES string of the molecule is COc1ncc(-c2ccc3ncc(-c4nnc(-c5ccccc5C(=O)NCCCCCCCC(=O)NC(C(=O)N5CC(O)CC5C(=O)NCc5ccc(-c6scnc6C)cc5)C(C)(C)C)o4)n3c2)cc1NS(=O)(=O)c1ccc(F)cc1F. The lowest BCUT2D eigenvalue weighted by Gasteiger charge is -2.35. The number of hydrogen-bond donors (Lipinski definition) is 5. The van der Waals surface area contributed by atoms with Gasteiger partial charge in [-0.25, -0.2) is 32.2 Å². The van der Waals surface area contributed by atoms with Gasteiger partial charge in [0.1, 0.15) is 45.6 Å². The first-order valence-corrected chi connectivity index (χ1v) is 28.9. The molecule has 0 saturated carbocycles. The summed E-state index contributed by atoms with van der Waals surface area (Å²) >= 11 is 1.56. The molecule has 0 radical (unpaired) electrons. The molecule has 24 heteroatoms. The highest BCUT2D eigenvalue weighted by Gasteiger charge is 2.44. The number of halogens is 2. The molecule has 1 aliphatic heterocycles. The number of carbonyl (C=O) groups is 4. The summed E-state index contributed by atoms with van der Waals surface area (Å²) in [5.74, 6) is -3.55. The largest absolute Gasteiger partial charge is 0.480 e. The molecule has 1 aliphatic rings. The average molecular weight is 1160 g/mol. The van der Waals surface area contributed by atoms with Crippen LogP contribution >= 0.6 is 11.3 Å². The first kappa shape index (κ1) is 58.2. The summed E-state index contributed by atoms with van der Waals surface area (Å²) in [6.07, 6.45) is 7.68. The van der Waals surface area contributed by atoms with Crippen molar-refractivity contribution in [3.8, 4) is 50.5 Å². The number of hydrogen-bond acceptors (Lipinski definition) is 15. The normalized spacial score (nSPS) is 14.9. The van der Waals surface area contributed by atoms with E-state index in [9.17, 15) is 41.5 Å². The van der Waals surface area contributed by atoms with E-state index in [2.05, 4.69) is 45.8 Å². The Kier molecular flexibility index (Phi) is 17.8. The van der Waals surface area contributed by atoms with Crippen LogP contribution in [0.25, 0.3) is 50.3 Å². The third-order valence-corrected chi connectivity index (χ3v) is 16.3. The molecule has 5 aromatic heterocycles. The van der Waals surface area contributed by atoms with Gasteiger partial charge in [0.05, 0.1) is 46.6 Å². The number of carbonyl (C=O) groups excluding carboxylic acids is 4. The second kappa shape index (κ2) is 25.1. The van der Waals surface area contributed by atoms with E-state index in [1.54, 1.807) is 63.8 Å². The summed E-state index contributed by atoms with van der Waals surface area (Å²) in [5.41, 5.74) is 6.50. The number of aryl methyl sites for hydroxylation is 1. The van der Waals surface area contributed by atoms with Gasteiger partial charge in [-0.1, -0.05) is 76.4 Å². The van der Waals surface area contributed by atoms with Gasteiger partial charge in [0.2, 0.25) is 29.5 Å². The minimum Gasteiger partial charge on any atom is -0.480 e. The number of thiazole rings is 1. The van der Waals surface area contributed by atoms with Crippen LogP contribution in [0.5, 0.6) is 5.88 Å². The number of aliphatic hydroxyl groups is 1. The molecule has 4 amide bonds. The lowest BCUT2D eigenvalue weighted by molar-refractivity contribution is -0.144. The van der Waals surface area contributed by atoms with Crippen molar-refractivity contribution in [2.45, 2.75) is 102 Å². The van der Waals surface area contributed by atoms with Crippen molar-refractivity contribution >= 4 is 56.3 Å². The van der Waals surface area contributed by atoms with Gasteiger partial charge in [-0.05, 0) is 78.8 Å². The topological polar surface area (TPSA) is 265 Å². The molecule has 0 bridgehead atoms. The van der Waals surface area contributed by atoms with Gasteiger partial charge in [-0.15, -0.1) is 21.5 Å². The molecule has 5 N–H and O–H groups in total. The zero-order valence-corrected chi connectivity index (χ0v) is 47.2. The highest BCUT2D eigenvalue weighted by Crippen LogP contribution is 2.34. The first-order valence-electron chi connectivity index (χ1n) is 26.5. The molecule has 3 atom stereocenters. The van der Waals surface area contributed by atoms with Crippen LogP contribution in [0, 0.1) is 24.0 Å².